The van der Waals surface area contributed by atoms with Crippen LogP contribution in [0.25, 0.3) is 11.3 Å². The number of nitrogens with zero attached hydrogens (tertiary/aromatic N) is 3. The number of rotatable bonds is 4. The van der Waals surface area contributed by atoms with Crippen molar-refractivity contribution in [3.05, 3.63) is 41.3 Å². The van der Waals surface area contributed by atoms with E-state index >= 15 is 0 Å². The molecule has 0 amide bonds. The van der Waals surface area contributed by atoms with Gasteiger partial charge in [-0.15, -0.1) is 0 Å². The summed E-state index contributed by atoms with van der Waals surface area (Å²) in [7, 11) is 0. The topological polar surface area (TPSA) is 58.8 Å². The van der Waals surface area contributed by atoms with E-state index in [0.29, 0.717) is 29.5 Å². The van der Waals surface area contributed by atoms with Crippen molar-refractivity contribution in [3.8, 4) is 23.1 Å². The van der Waals surface area contributed by atoms with Crippen molar-refractivity contribution in [2.45, 2.75) is 13.8 Å². The maximum absolute atomic E-state index is 9.22. The number of aromatic nitrogens is 2. The fourth-order valence-corrected chi connectivity index (χ4v) is 1.80. The molecule has 0 fully saturated rings. The van der Waals surface area contributed by atoms with Crippen molar-refractivity contribution in [1.82, 2.24) is 9.97 Å². The number of hydrogen-bond donors (Lipinski definition) is 0. The Morgan fingerprint density at radius 2 is 2.15 bits per heavy atom. The van der Waals surface area contributed by atoms with Gasteiger partial charge < -0.3 is 4.74 Å². The Hall–Kier alpha value is -2.12. The average molecular weight is 288 g/mol. The highest BCUT2D eigenvalue weighted by Crippen LogP contribution is 2.25. The lowest BCUT2D eigenvalue weighted by Gasteiger charge is -2.11. The van der Waals surface area contributed by atoms with Gasteiger partial charge in [-0.05, 0) is 41.8 Å². The second-order valence-corrected chi connectivity index (χ2v) is 5.08. The molecule has 0 saturated heterocycles. The standard InChI is InChI=1S/C15H14ClN3O/c1-10(2)9-20-14-4-3-11(7-12(14)8-17)13-5-6-18-15(16)19-13/h3-7,10H,9H2,1-2H3. The van der Waals surface area contributed by atoms with Crippen LogP contribution < -0.4 is 4.74 Å². The van der Waals surface area contributed by atoms with E-state index in [2.05, 4.69) is 29.9 Å². The normalized spacial score (nSPS) is 10.3. The van der Waals surface area contributed by atoms with Crippen molar-refractivity contribution in [3.63, 3.8) is 0 Å². The molecule has 5 heteroatoms. The Morgan fingerprint density at radius 1 is 1.35 bits per heavy atom. The fourth-order valence-electron chi connectivity index (χ4n) is 1.65. The zero-order chi connectivity index (χ0) is 14.5. The van der Waals surface area contributed by atoms with Gasteiger partial charge in [0.2, 0.25) is 5.28 Å². The molecule has 1 aromatic carbocycles. The van der Waals surface area contributed by atoms with Crippen LogP contribution in [0, 0.1) is 17.2 Å². The molecule has 0 bridgehead atoms. The maximum atomic E-state index is 9.22. The van der Waals surface area contributed by atoms with Gasteiger partial charge in [0.1, 0.15) is 11.8 Å². The first kappa shape index (κ1) is 14.3. The fraction of sp³-hybridized carbons (Fsp3) is 0.267. The molecule has 0 atom stereocenters. The Kier molecular flexibility index (Phi) is 4.54. The summed E-state index contributed by atoms with van der Waals surface area (Å²) in [6.07, 6.45) is 1.58. The average Bonchev–Trinajstić information content (AvgIpc) is 2.44. The molecular formula is C15H14ClN3O. The largest absolute Gasteiger partial charge is 0.492 e. The lowest BCUT2D eigenvalue weighted by atomic mass is 10.1. The van der Waals surface area contributed by atoms with E-state index in [0.717, 1.165) is 5.56 Å². The quantitative estimate of drug-likeness (QED) is 0.805. The SMILES string of the molecule is CC(C)COc1ccc(-c2ccnc(Cl)n2)cc1C#N. The number of hydrogen-bond acceptors (Lipinski definition) is 4. The molecule has 1 heterocycles. The van der Waals surface area contributed by atoms with Crippen LogP contribution in [0.2, 0.25) is 5.28 Å². The van der Waals surface area contributed by atoms with Crippen LogP contribution in [0.1, 0.15) is 19.4 Å². The molecule has 0 saturated carbocycles. The van der Waals surface area contributed by atoms with Crippen LogP contribution in [0.3, 0.4) is 0 Å². The summed E-state index contributed by atoms with van der Waals surface area (Å²) in [6.45, 7) is 4.69. The molecular weight excluding hydrogens is 274 g/mol. The molecule has 0 radical (unpaired) electrons. The number of halogens is 1. The second-order valence-electron chi connectivity index (χ2n) is 4.74. The van der Waals surface area contributed by atoms with Crippen LogP contribution in [0.4, 0.5) is 0 Å². The minimum atomic E-state index is 0.182. The molecule has 0 aliphatic rings. The van der Waals surface area contributed by atoms with E-state index in [1.807, 2.05) is 6.07 Å². The molecule has 0 aliphatic heterocycles. The molecule has 4 nitrogen and oxygen atoms in total. The Morgan fingerprint density at radius 3 is 2.80 bits per heavy atom. The molecule has 102 valence electrons. The highest BCUT2D eigenvalue weighted by Gasteiger charge is 2.08. The van der Waals surface area contributed by atoms with Crippen LogP contribution >= 0.6 is 11.6 Å². The van der Waals surface area contributed by atoms with Crippen molar-refractivity contribution < 1.29 is 4.74 Å². The van der Waals surface area contributed by atoms with Gasteiger partial charge in [-0.25, -0.2) is 9.97 Å². The van der Waals surface area contributed by atoms with E-state index in [9.17, 15) is 5.26 Å². The van der Waals surface area contributed by atoms with Gasteiger partial charge in [0, 0.05) is 11.8 Å². The first-order chi connectivity index (χ1) is 9.60. The molecule has 0 N–H and O–H groups in total. The van der Waals surface area contributed by atoms with Gasteiger partial charge in [0.05, 0.1) is 17.9 Å². The lowest BCUT2D eigenvalue weighted by molar-refractivity contribution is 0.270. The van der Waals surface area contributed by atoms with Gasteiger partial charge in [0.15, 0.2) is 0 Å². The Balaban J connectivity index is 2.32. The molecule has 0 unspecified atom stereocenters. The van der Waals surface area contributed by atoms with Gasteiger partial charge in [-0.1, -0.05) is 13.8 Å². The molecule has 0 aliphatic carbocycles. The van der Waals surface area contributed by atoms with E-state index < -0.39 is 0 Å². The summed E-state index contributed by atoms with van der Waals surface area (Å²) in [4.78, 5) is 7.97. The first-order valence-electron chi connectivity index (χ1n) is 6.26. The highest BCUT2D eigenvalue weighted by molar-refractivity contribution is 6.28. The van der Waals surface area contributed by atoms with Crippen LogP contribution in [0.15, 0.2) is 30.5 Å². The number of ether oxygens (including phenoxy) is 1. The van der Waals surface area contributed by atoms with Gasteiger partial charge in [-0.2, -0.15) is 5.26 Å². The smallest absolute Gasteiger partial charge is 0.222 e. The summed E-state index contributed by atoms with van der Waals surface area (Å²) >= 11 is 5.77. The third kappa shape index (κ3) is 3.46. The third-order valence-corrected chi connectivity index (χ3v) is 2.78. The zero-order valence-corrected chi connectivity index (χ0v) is 12.1. The summed E-state index contributed by atoms with van der Waals surface area (Å²) in [5.41, 5.74) is 1.97. The summed E-state index contributed by atoms with van der Waals surface area (Å²) in [5.74, 6) is 0.993. The predicted molar refractivity (Wildman–Crippen MR) is 77.5 cm³/mol. The van der Waals surface area contributed by atoms with Crippen molar-refractivity contribution >= 4 is 11.6 Å². The van der Waals surface area contributed by atoms with Crippen molar-refractivity contribution in [1.29, 1.82) is 5.26 Å². The predicted octanol–water partition coefficient (Wildman–Crippen LogP) is 3.70. The van der Waals surface area contributed by atoms with Crippen LogP contribution in [0.5, 0.6) is 5.75 Å². The van der Waals surface area contributed by atoms with Crippen molar-refractivity contribution in [2.24, 2.45) is 5.92 Å². The summed E-state index contributed by atoms with van der Waals surface area (Å²) in [5, 5.41) is 9.40. The molecule has 1 aromatic heterocycles. The van der Waals surface area contributed by atoms with E-state index in [1.54, 1.807) is 24.4 Å². The summed E-state index contributed by atoms with van der Waals surface area (Å²) in [6, 6.07) is 9.27. The van der Waals surface area contributed by atoms with Gasteiger partial charge in [0.25, 0.3) is 0 Å². The molecule has 2 rings (SSSR count). The number of benzene rings is 1. The third-order valence-electron chi connectivity index (χ3n) is 2.59. The highest BCUT2D eigenvalue weighted by atomic mass is 35.5. The second kappa shape index (κ2) is 6.36. The molecule has 2 aromatic rings. The van der Waals surface area contributed by atoms with Crippen LogP contribution in [-0.4, -0.2) is 16.6 Å². The lowest BCUT2D eigenvalue weighted by Crippen LogP contribution is -2.05. The zero-order valence-electron chi connectivity index (χ0n) is 11.3. The minimum Gasteiger partial charge on any atom is -0.492 e. The Labute approximate surface area is 123 Å². The molecule has 20 heavy (non-hydrogen) atoms. The maximum Gasteiger partial charge on any atom is 0.222 e. The summed E-state index contributed by atoms with van der Waals surface area (Å²) < 4.78 is 5.62. The van der Waals surface area contributed by atoms with E-state index in [-0.39, 0.29) is 5.28 Å². The monoisotopic (exact) mass is 287 g/mol. The Bertz CT molecular complexity index is 650. The first-order valence-corrected chi connectivity index (χ1v) is 6.64. The van der Waals surface area contributed by atoms with Gasteiger partial charge in [-0.3, -0.25) is 0 Å². The van der Waals surface area contributed by atoms with Gasteiger partial charge >= 0.3 is 0 Å². The van der Waals surface area contributed by atoms with E-state index in [4.69, 9.17) is 16.3 Å². The minimum absolute atomic E-state index is 0.182. The van der Waals surface area contributed by atoms with Crippen LogP contribution in [-0.2, 0) is 0 Å². The molecule has 0 spiro atoms. The van der Waals surface area contributed by atoms with E-state index in [1.165, 1.54) is 0 Å². The number of nitriles is 1. The van der Waals surface area contributed by atoms with Crippen molar-refractivity contribution in [2.75, 3.05) is 6.61 Å².